The van der Waals surface area contributed by atoms with Crippen LogP contribution in [-0.2, 0) is 13.0 Å². The lowest BCUT2D eigenvalue weighted by molar-refractivity contribution is 0.597. The van der Waals surface area contributed by atoms with Gasteiger partial charge in [-0.15, -0.1) is 0 Å². The molecule has 1 N–H and O–H groups in total. The molecule has 0 fully saturated rings. The van der Waals surface area contributed by atoms with Crippen molar-refractivity contribution in [3.05, 3.63) is 57.5 Å². The van der Waals surface area contributed by atoms with Gasteiger partial charge in [-0.05, 0) is 12.0 Å². The maximum Gasteiger partial charge on any atom is 0.268 e. The Balaban J connectivity index is 2.05. The molecule has 78 valence electrons. The fraction of sp³-hybridized carbons (Fsp3) is 0.182. The lowest BCUT2D eigenvalue weighted by Gasteiger charge is -2.01. The van der Waals surface area contributed by atoms with E-state index in [1.807, 2.05) is 30.3 Å². The summed E-state index contributed by atoms with van der Waals surface area (Å²) in [6, 6.07) is 11.4. The first-order valence-electron chi connectivity index (χ1n) is 4.75. The van der Waals surface area contributed by atoms with Crippen LogP contribution in [-0.4, -0.2) is 9.78 Å². The zero-order chi connectivity index (χ0) is 10.7. The van der Waals surface area contributed by atoms with E-state index in [0.717, 1.165) is 6.42 Å². The number of H-pyrrole nitrogens is 1. The molecule has 2 aromatic rings. The van der Waals surface area contributed by atoms with Crippen molar-refractivity contribution in [3.63, 3.8) is 0 Å². The first kappa shape index (κ1) is 10.1. The molecule has 4 heteroatoms. The molecule has 0 aliphatic carbocycles. The number of nitrogens with one attached hydrogen (secondary N) is 1. The minimum atomic E-state index is -0.0871. The molecule has 1 aromatic heterocycles. The van der Waals surface area contributed by atoms with Crippen LogP contribution in [0.3, 0.4) is 0 Å². The molecule has 0 unspecified atom stereocenters. The van der Waals surface area contributed by atoms with E-state index in [0.29, 0.717) is 11.7 Å². The van der Waals surface area contributed by atoms with Crippen LogP contribution in [0.4, 0.5) is 0 Å². The van der Waals surface area contributed by atoms with Crippen molar-refractivity contribution in [2.24, 2.45) is 0 Å². The number of hydrogen-bond acceptors (Lipinski definition) is 1. The van der Waals surface area contributed by atoms with Crippen LogP contribution in [0.2, 0.25) is 5.15 Å². The first-order chi connectivity index (χ1) is 7.25. The highest BCUT2D eigenvalue weighted by Crippen LogP contribution is 2.02. The summed E-state index contributed by atoms with van der Waals surface area (Å²) in [6.07, 6.45) is 0.817. The third-order valence-electron chi connectivity index (χ3n) is 2.22. The average molecular weight is 223 g/mol. The molecule has 0 saturated heterocycles. The number of nitrogens with zero attached hydrogens (tertiary/aromatic N) is 1. The van der Waals surface area contributed by atoms with Gasteiger partial charge in [-0.3, -0.25) is 14.6 Å². The van der Waals surface area contributed by atoms with Gasteiger partial charge in [0.2, 0.25) is 0 Å². The third-order valence-corrected chi connectivity index (χ3v) is 2.42. The molecule has 0 radical (unpaired) electrons. The summed E-state index contributed by atoms with van der Waals surface area (Å²) in [5, 5.41) is 3.17. The molecule has 0 amide bonds. The Labute approximate surface area is 92.3 Å². The van der Waals surface area contributed by atoms with Gasteiger partial charge in [0, 0.05) is 12.6 Å². The standard InChI is InChI=1S/C11H11ClN2O/c12-10-8-11(15)14(13-10)7-6-9-4-2-1-3-5-9/h1-5,8,13H,6-7H2. The Morgan fingerprint density at radius 3 is 2.60 bits per heavy atom. The molecule has 2 rings (SSSR count). The number of halogens is 1. The largest absolute Gasteiger partial charge is 0.285 e. The summed E-state index contributed by atoms with van der Waals surface area (Å²) in [4.78, 5) is 11.3. The molecule has 0 atom stereocenters. The van der Waals surface area contributed by atoms with E-state index < -0.39 is 0 Å². The second kappa shape index (κ2) is 4.36. The third kappa shape index (κ3) is 2.50. The van der Waals surface area contributed by atoms with Gasteiger partial charge in [-0.2, -0.15) is 0 Å². The van der Waals surface area contributed by atoms with E-state index in [1.54, 1.807) is 0 Å². The number of hydrogen-bond donors (Lipinski definition) is 1. The molecule has 1 aromatic carbocycles. The van der Waals surface area contributed by atoms with Crippen molar-refractivity contribution in [2.45, 2.75) is 13.0 Å². The second-order valence-electron chi connectivity index (χ2n) is 3.33. The summed E-state index contributed by atoms with van der Waals surface area (Å²) in [7, 11) is 0. The fourth-order valence-electron chi connectivity index (χ4n) is 1.45. The summed E-state index contributed by atoms with van der Waals surface area (Å²) in [6.45, 7) is 0.621. The zero-order valence-electron chi connectivity index (χ0n) is 8.11. The number of rotatable bonds is 3. The minimum absolute atomic E-state index is 0.0871. The molecular weight excluding hydrogens is 212 g/mol. The van der Waals surface area contributed by atoms with Crippen LogP contribution in [0, 0.1) is 0 Å². The van der Waals surface area contributed by atoms with Crippen LogP contribution in [0.5, 0.6) is 0 Å². The lowest BCUT2D eigenvalue weighted by Crippen LogP contribution is -2.17. The Bertz CT molecular complexity index is 487. The van der Waals surface area contributed by atoms with E-state index in [9.17, 15) is 4.79 Å². The molecule has 0 saturated carbocycles. The maximum atomic E-state index is 11.3. The van der Waals surface area contributed by atoms with Crippen LogP contribution in [0.25, 0.3) is 0 Å². The first-order valence-corrected chi connectivity index (χ1v) is 5.13. The second-order valence-corrected chi connectivity index (χ2v) is 3.74. The zero-order valence-corrected chi connectivity index (χ0v) is 8.87. The van der Waals surface area contributed by atoms with Gasteiger partial charge in [0.25, 0.3) is 5.56 Å². The van der Waals surface area contributed by atoms with Crippen molar-refractivity contribution in [1.29, 1.82) is 0 Å². The van der Waals surface area contributed by atoms with Gasteiger partial charge >= 0.3 is 0 Å². The lowest BCUT2D eigenvalue weighted by atomic mass is 10.1. The van der Waals surface area contributed by atoms with E-state index in [2.05, 4.69) is 5.10 Å². The van der Waals surface area contributed by atoms with Gasteiger partial charge in [0.05, 0.1) is 0 Å². The van der Waals surface area contributed by atoms with Crippen molar-refractivity contribution in [3.8, 4) is 0 Å². The van der Waals surface area contributed by atoms with Crippen LogP contribution in [0.1, 0.15) is 5.56 Å². The van der Waals surface area contributed by atoms with Crippen molar-refractivity contribution >= 4 is 11.6 Å². The molecule has 0 aliphatic heterocycles. The molecule has 0 spiro atoms. The summed E-state index contributed by atoms with van der Waals surface area (Å²) in [5.41, 5.74) is 1.12. The SMILES string of the molecule is O=c1cc(Cl)[nH]n1CCc1ccccc1. The fourth-order valence-corrected chi connectivity index (χ4v) is 1.65. The Hall–Kier alpha value is -1.48. The van der Waals surface area contributed by atoms with Gasteiger partial charge in [0.1, 0.15) is 5.15 Å². The topological polar surface area (TPSA) is 37.8 Å². The van der Waals surface area contributed by atoms with Gasteiger partial charge in [0.15, 0.2) is 0 Å². The van der Waals surface area contributed by atoms with E-state index in [4.69, 9.17) is 11.6 Å². The molecular formula is C11H11ClN2O. The van der Waals surface area contributed by atoms with Gasteiger partial charge in [-0.25, -0.2) is 0 Å². The summed E-state index contributed by atoms with van der Waals surface area (Å²) in [5.74, 6) is 0. The molecule has 1 heterocycles. The molecule has 0 aliphatic rings. The van der Waals surface area contributed by atoms with Crippen LogP contribution < -0.4 is 5.56 Å². The highest BCUT2D eigenvalue weighted by molar-refractivity contribution is 6.29. The van der Waals surface area contributed by atoms with Crippen molar-refractivity contribution in [1.82, 2.24) is 9.78 Å². The van der Waals surface area contributed by atoms with Crippen LogP contribution in [0.15, 0.2) is 41.2 Å². The monoisotopic (exact) mass is 222 g/mol. The predicted octanol–water partition coefficient (Wildman–Crippen LogP) is 2.07. The summed E-state index contributed by atoms with van der Waals surface area (Å²) < 4.78 is 1.51. The Kier molecular flexibility index (Phi) is 2.92. The van der Waals surface area contributed by atoms with E-state index in [1.165, 1.54) is 16.3 Å². The Morgan fingerprint density at radius 1 is 1.27 bits per heavy atom. The highest BCUT2D eigenvalue weighted by atomic mass is 35.5. The van der Waals surface area contributed by atoms with Crippen molar-refractivity contribution in [2.75, 3.05) is 0 Å². The minimum Gasteiger partial charge on any atom is -0.285 e. The number of aryl methyl sites for hydroxylation is 2. The van der Waals surface area contributed by atoms with Crippen molar-refractivity contribution < 1.29 is 0 Å². The molecule has 0 bridgehead atoms. The van der Waals surface area contributed by atoms with E-state index in [-0.39, 0.29) is 5.56 Å². The Morgan fingerprint density at radius 2 is 2.00 bits per heavy atom. The normalized spacial score (nSPS) is 10.5. The van der Waals surface area contributed by atoms with Crippen LogP contribution >= 0.6 is 11.6 Å². The molecule has 3 nitrogen and oxygen atoms in total. The van der Waals surface area contributed by atoms with Gasteiger partial charge in [-0.1, -0.05) is 41.9 Å². The smallest absolute Gasteiger partial charge is 0.268 e. The maximum absolute atomic E-state index is 11.3. The number of benzene rings is 1. The predicted molar refractivity (Wildman–Crippen MR) is 60.2 cm³/mol. The van der Waals surface area contributed by atoms with E-state index >= 15 is 0 Å². The highest BCUT2D eigenvalue weighted by Gasteiger charge is 2.00. The quantitative estimate of drug-likeness (QED) is 0.848. The van der Waals surface area contributed by atoms with Gasteiger partial charge < -0.3 is 0 Å². The summed E-state index contributed by atoms with van der Waals surface area (Å²) >= 11 is 5.67. The number of aromatic nitrogens is 2. The molecule has 15 heavy (non-hydrogen) atoms. The number of aromatic amines is 1. The average Bonchev–Trinajstić information content (AvgIpc) is 2.56.